The molecule has 3 heterocycles. The second-order valence-corrected chi connectivity index (χ2v) is 9.09. The van der Waals surface area contributed by atoms with Crippen molar-refractivity contribution in [2.75, 3.05) is 34.9 Å². The standard InChI is InChI=1S/C27H28N4O5/c1-30(2)12-15(32)13-31-14-18(22-20(31)9-10-21(35-3)25(22)36-4)24-23(26(33)29-27(24)34)17-11-28-19-8-6-5-7-16(17)19/h5-11,14-15,28,32H,12-13H2,1-4H3,(H,29,33,34). The topological polar surface area (TPSA) is 109 Å². The van der Waals surface area contributed by atoms with Crippen molar-refractivity contribution in [1.29, 1.82) is 0 Å². The van der Waals surface area contributed by atoms with E-state index in [-0.39, 0.29) is 17.7 Å². The zero-order valence-corrected chi connectivity index (χ0v) is 20.6. The number of likely N-dealkylation sites (N-methyl/N-ethyl adjacent to an activating group) is 1. The van der Waals surface area contributed by atoms with Crippen LogP contribution >= 0.6 is 0 Å². The first kappa shape index (κ1) is 23.7. The molecule has 0 radical (unpaired) electrons. The molecule has 1 aliphatic heterocycles. The number of aromatic amines is 1. The molecular formula is C27H28N4O5. The van der Waals surface area contributed by atoms with E-state index in [1.54, 1.807) is 25.6 Å². The number of H-pyrrole nitrogens is 1. The number of ether oxygens (including phenoxy) is 2. The smallest absolute Gasteiger partial charge is 0.259 e. The van der Waals surface area contributed by atoms with Gasteiger partial charge in [-0.05, 0) is 32.3 Å². The Morgan fingerprint density at radius 3 is 2.42 bits per heavy atom. The summed E-state index contributed by atoms with van der Waals surface area (Å²) in [5.74, 6) is -0.00575. The molecule has 9 heteroatoms. The van der Waals surface area contributed by atoms with Gasteiger partial charge in [0.2, 0.25) is 0 Å². The number of hydrogen-bond acceptors (Lipinski definition) is 6. The largest absolute Gasteiger partial charge is 0.493 e. The highest BCUT2D eigenvalue weighted by Crippen LogP contribution is 2.44. The average molecular weight is 489 g/mol. The first-order valence-corrected chi connectivity index (χ1v) is 11.6. The number of aromatic nitrogens is 2. The number of nitrogens with zero attached hydrogens (tertiary/aromatic N) is 2. The molecule has 0 saturated heterocycles. The molecule has 4 aromatic rings. The van der Waals surface area contributed by atoms with Gasteiger partial charge in [-0.25, -0.2) is 0 Å². The van der Waals surface area contributed by atoms with Crippen LogP contribution in [0.3, 0.4) is 0 Å². The van der Waals surface area contributed by atoms with Gasteiger partial charge in [0, 0.05) is 47.5 Å². The quantitative estimate of drug-likeness (QED) is 0.329. The monoisotopic (exact) mass is 488 g/mol. The lowest BCUT2D eigenvalue weighted by Gasteiger charge is -2.17. The Morgan fingerprint density at radius 2 is 1.72 bits per heavy atom. The SMILES string of the molecule is COc1ccc2c(c(C3=C(c4c[nH]c5ccccc45)C(=O)NC3=O)cn2CC(O)CN(C)C)c1OC. The number of carbonyl (C=O) groups is 2. The molecule has 1 aliphatic rings. The van der Waals surface area contributed by atoms with Crippen molar-refractivity contribution in [3.8, 4) is 11.5 Å². The molecule has 3 N–H and O–H groups in total. The van der Waals surface area contributed by atoms with Crippen LogP contribution in [0.5, 0.6) is 11.5 Å². The third kappa shape index (κ3) is 3.82. The summed E-state index contributed by atoms with van der Waals surface area (Å²) in [5, 5.41) is 14.6. The predicted molar refractivity (Wildman–Crippen MR) is 138 cm³/mol. The summed E-state index contributed by atoms with van der Waals surface area (Å²) in [5.41, 5.74) is 3.32. The number of rotatable bonds is 8. The Labute approximate surface area is 207 Å². The van der Waals surface area contributed by atoms with E-state index in [9.17, 15) is 14.7 Å². The molecule has 0 fully saturated rings. The van der Waals surface area contributed by atoms with Crippen molar-refractivity contribution < 1.29 is 24.2 Å². The van der Waals surface area contributed by atoms with Crippen LogP contribution in [-0.2, 0) is 16.1 Å². The van der Waals surface area contributed by atoms with Crippen LogP contribution in [0.1, 0.15) is 11.1 Å². The van der Waals surface area contributed by atoms with E-state index in [0.29, 0.717) is 34.6 Å². The molecule has 186 valence electrons. The predicted octanol–water partition coefficient (Wildman–Crippen LogP) is 2.63. The Bertz CT molecular complexity index is 1530. The second-order valence-electron chi connectivity index (χ2n) is 9.09. The first-order chi connectivity index (χ1) is 17.3. The van der Waals surface area contributed by atoms with Gasteiger partial charge in [-0.1, -0.05) is 18.2 Å². The molecular weight excluding hydrogens is 460 g/mol. The van der Waals surface area contributed by atoms with Gasteiger partial charge in [-0.2, -0.15) is 0 Å². The number of amides is 2. The number of nitrogens with one attached hydrogen (secondary N) is 2. The van der Waals surface area contributed by atoms with Crippen molar-refractivity contribution in [2.45, 2.75) is 12.6 Å². The third-order valence-electron chi connectivity index (χ3n) is 6.43. The van der Waals surface area contributed by atoms with Crippen molar-refractivity contribution in [2.24, 2.45) is 0 Å². The maximum atomic E-state index is 13.3. The normalized spacial score (nSPS) is 14.8. The van der Waals surface area contributed by atoms with Gasteiger partial charge in [-0.15, -0.1) is 0 Å². The zero-order valence-electron chi connectivity index (χ0n) is 20.6. The minimum Gasteiger partial charge on any atom is -0.493 e. The number of para-hydroxylation sites is 1. The van der Waals surface area contributed by atoms with Crippen molar-refractivity contribution in [3.63, 3.8) is 0 Å². The highest BCUT2D eigenvalue weighted by Gasteiger charge is 2.36. The minimum atomic E-state index is -0.655. The molecule has 9 nitrogen and oxygen atoms in total. The van der Waals surface area contributed by atoms with Gasteiger partial charge in [0.15, 0.2) is 11.5 Å². The number of imide groups is 1. The Hall–Kier alpha value is -4.08. The number of methoxy groups -OCH3 is 2. The highest BCUT2D eigenvalue weighted by atomic mass is 16.5. The van der Waals surface area contributed by atoms with Gasteiger partial charge in [0.1, 0.15) is 0 Å². The minimum absolute atomic E-state index is 0.252. The number of hydrogen-bond donors (Lipinski definition) is 3. The van der Waals surface area contributed by atoms with Crippen LogP contribution in [0.15, 0.2) is 48.8 Å². The van der Waals surface area contributed by atoms with Gasteiger partial charge in [0.25, 0.3) is 11.8 Å². The Balaban J connectivity index is 1.80. The summed E-state index contributed by atoms with van der Waals surface area (Å²) in [6.45, 7) is 0.750. The van der Waals surface area contributed by atoms with Crippen LogP contribution in [0.4, 0.5) is 0 Å². The van der Waals surface area contributed by atoms with Gasteiger partial charge in [0.05, 0.1) is 42.4 Å². The fraction of sp³-hybridized carbons (Fsp3) is 0.259. The number of aliphatic hydroxyl groups is 1. The van der Waals surface area contributed by atoms with Crippen molar-refractivity contribution >= 4 is 44.8 Å². The molecule has 0 bridgehead atoms. The summed E-state index contributed by atoms with van der Waals surface area (Å²) >= 11 is 0. The number of aliphatic hydroxyl groups excluding tert-OH is 1. The van der Waals surface area contributed by atoms with Gasteiger partial charge in [-0.3, -0.25) is 14.9 Å². The van der Waals surface area contributed by atoms with Crippen LogP contribution in [0.2, 0.25) is 0 Å². The molecule has 1 atom stereocenters. The van der Waals surface area contributed by atoms with E-state index in [2.05, 4.69) is 10.3 Å². The lowest BCUT2D eigenvalue weighted by molar-refractivity contribution is -0.122. The summed E-state index contributed by atoms with van der Waals surface area (Å²) in [6.07, 6.45) is 2.89. The summed E-state index contributed by atoms with van der Waals surface area (Å²) < 4.78 is 13.2. The molecule has 5 rings (SSSR count). The molecule has 0 spiro atoms. The van der Waals surface area contributed by atoms with E-state index in [1.165, 1.54) is 7.11 Å². The Morgan fingerprint density at radius 1 is 1.00 bits per heavy atom. The maximum Gasteiger partial charge on any atom is 0.259 e. The van der Waals surface area contributed by atoms with Crippen LogP contribution in [0, 0.1) is 0 Å². The van der Waals surface area contributed by atoms with E-state index in [0.717, 1.165) is 16.4 Å². The molecule has 36 heavy (non-hydrogen) atoms. The first-order valence-electron chi connectivity index (χ1n) is 11.6. The Kier molecular flexibility index (Phi) is 6.03. The molecule has 0 aliphatic carbocycles. The van der Waals surface area contributed by atoms with E-state index >= 15 is 0 Å². The van der Waals surface area contributed by atoms with Crippen molar-refractivity contribution in [3.05, 3.63) is 59.9 Å². The summed E-state index contributed by atoms with van der Waals surface area (Å²) in [6, 6.07) is 11.3. The fourth-order valence-corrected chi connectivity index (χ4v) is 5.00. The molecule has 2 aromatic carbocycles. The van der Waals surface area contributed by atoms with Crippen LogP contribution in [0.25, 0.3) is 33.0 Å². The van der Waals surface area contributed by atoms with Gasteiger partial charge >= 0.3 is 0 Å². The van der Waals surface area contributed by atoms with Gasteiger partial charge < -0.3 is 29.0 Å². The summed E-state index contributed by atoms with van der Waals surface area (Å²) in [7, 11) is 6.86. The number of fused-ring (bicyclic) bond motifs is 2. The molecule has 1 unspecified atom stereocenters. The summed E-state index contributed by atoms with van der Waals surface area (Å²) in [4.78, 5) is 31.5. The molecule has 2 amide bonds. The lowest BCUT2D eigenvalue weighted by atomic mass is 9.95. The van der Waals surface area contributed by atoms with Crippen LogP contribution in [-0.4, -0.2) is 72.3 Å². The molecule has 0 saturated carbocycles. The van der Waals surface area contributed by atoms with E-state index < -0.39 is 17.9 Å². The average Bonchev–Trinajstić information content (AvgIpc) is 3.50. The lowest BCUT2D eigenvalue weighted by Crippen LogP contribution is -2.29. The number of carbonyl (C=O) groups excluding carboxylic acids is 2. The highest BCUT2D eigenvalue weighted by molar-refractivity contribution is 6.51. The van der Waals surface area contributed by atoms with E-state index in [1.807, 2.05) is 53.9 Å². The zero-order chi connectivity index (χ0) is 25.6. The van der Waals surface area contributed by atoms with Crippen LogP contribution < -0.4 is 14.8 Å². The van der Waals surface area contributed by atoms with E-state index in [4.69, 9.17) is 9.47 Å². The molecule has 2 aromatic heterocycles. The van der Waals surface area contributed by atoms with Crippen molar-refractivity contribution in [1.82, 2.24) is 19.8 Å². The maximum absolute atomic E-state index is 13.3. The second kappa shape index (κ2) is 9.18. The number of benzene rings is 2. The third-order valence-corrected chi connectivity index (χ3v) is 6.43. The fourth-order valence-electron chi connectivity index (χ4n) is 5.00.